The molecule has 0 aliphatic heterocycles. The summed E-state index contributed by atoms with van der Waals surface area (Å²) in [6, 6.07) is 17.1. The molecule has 0 fully saturated rings. The topological polar surface area (TPSA) is 68.0 Å². The van der Waals surface area contributed by atoms with Crippen molar-refractivity contribution in [2.45, 2.75) is 38.5 Å². The Labute approximate surface area is 153 Å². The largest absolute Gasteiger partial charge is 0.477 e. The van der Waals surface area contributed by atoms with Gasteiger partial charge in [0.15, 0.2) is 0 Å². The molecular weight excluding hydrogens is 326 g/mol. The molecule has 3 rings (SSSR count). The van der Waals surface area contributed by atoms with Crippen LogP contribution in [0.25, 0.3) is 5.69 Å². The second-order valence-corrected chi connectivity index (χ2v) is 7.44. The minimum atomic E-state index is -1.02. The number of aromatic carboxylic acids is 1. The van der Waals surface area contributed by atoms with Gasteiger partial charge in [0, 0.05) is 22.7 Å². The molecule has 0 atom stereocenters. The highest BCUT2D eigenvalue weighted by molar-refractivity contribution is 5.85. The molecule has 0 saturated heterocycles. The monoisotopic (exact) mass is 349 g/mol. The first-order valence-electron chi connectivity index (χ1n) is 8.56. The van der Waals surface area contributed by atoms with Crippen LogP contribution < -0.4 is 0 Å². The summed E-state index contributed by atoms with van der Waals surface area (Å²) in [4.78, 5) is 15.6. The quantitative estimate of drug-likeness (QED) is 0.749. The first-order chi connectivity index (χ1) is 12.2. The van der Waals surface area contributed by atoms with E-state index in [1.165, 1.54) is 6.07 Å². The van der Waals surface area contributed by atoms with Crippen LogP contribution in [0.1, 0.15) is 49.6 Å². The lowest BCUT2D eigenvalue weighted by atomic mass is 9.64. The SMILES string of the molecule is CC(C)(c1cccc(C(=O)O)n1)C(C)(C)c1ccn(-c2ccccc2)n1. The van der Waals surface area contributed by atoms with E-state index in [-0.39, 0.29) is 11.1 Å². The Hall–Kier alpha value is -2.95. The van der Waals surface area contributed by atoms with E-state index in [4.69, 9.17) is 5.10 Å². The molecule has 0 bridgehead atoms. The smallest absolute Gasteiger partial charge is 0.354 e. The zero-order valence-electron chi connectivity index (χ0n) is 15.5. The summed E-state index contributed by atoms with van der Waals surface area (Å²) < 4.78 is 1.86. The van der Waals surface area contributed by atoms with Crippen LogP contribution in [0.5, 0.6) is 0 Å². The van der Waals surface area contributed by atoms with Crippen molar-refractivity contribution >= 4 is 5.97 Å². The number of benzene rings is 1. The van der Waals surface area contributed by atoms with Gasteiger partial charge in [0.25, 0.3) is 0 Å². The van der Waals surface area contributed by atoms with Crippen LogP contribution in [0.15, 0.2) is 60.8 Å². The van der Waals surface area contributed by atoms with Crippen LogP contribution in [0.2, 0.25) is 0 Å². The van der Waals surface area contributed by atoms with E-state index in [0.29, 0.717) is 0 Å². The number of hydrogen-bond acceptors (Lipinski definition) is 3. The maximum Gasteiger partial charge on any atom is 0.354 e. The number of para-hydroxylation sites is 1. The molecule has 0 spiro atoms. The predicted octanol–water partition coefficient (Wildman–Crippen LogP) is 4.22. The zero-order valence-corrected chi connectivity index (χ0v) is 15.5. The van der Waals surface area contributed by atoms with Crippen molar-refractivity contribution in [2.24, 2.45) is 0 Å². The number of rotatable bonds is 5. The minimum Gasteiger partial charge on any atom is -0.477 e. The van der Waals surface area contributed by atoms with Gasteiger partial charge in [0.05, 0.1) is 11.4 Å². The highest BCUT2D eigenvalue weighted by atomic mass is 16.4. The molecule has 0 radical (unpaired) electrons. The molecule has 0 aliphatic carbocycles. The third-order valence-electron chi connectivity index (χ3n) is 5.42. The van der Waals surface area contributed by atoms with E-state index in [9.17, 15) is 9.90 Å². The fourth-order valence-corrected chi connectivity index (χ4v) is 2.92. The summed E-state index contributed by atoms with van der Waals surface area (Å²) >= 11 is 0. The van der Waals surface area contributed by atoms with Crippen LogP contribution in [0.4, 0.5) is 0 Å². The highest BCUT2D eigenvalue weighted by Gasteiger charge is 2.42. The van der Waals surface area contributed by atoms with Crippen molar-refractivity contribution in [3.05, 3.63) is 77.9 Å². The molecule has 26 heavy (non-hydrogen) atoms. The van der Waals surface area contributed by atoms with E-state index in [0.717, 1.165) is 17.1 Å². The first-order valence-corrected chi connectivity index (χ1v) is 8.56. The number of carboxylic acids is 1. The lowest BCUT2D eigenvalue weighted by molar-refractivity contribution is 0.0689. The summed E-state index contributed by atoms with van der Waals surface area (Å²) in [7, 11) is 0. The van der Waals surface area contributed by atoms with Gasteiger partial charge in [-0.05, 0) is 30.3 Å². The minimum absolute atomic E-state index is 0.0567. The van der Waals surface area contributed by atoms with E-state index in [1.807, 2.05) is 53.3 Å². The van der Waals surface area contributed by atoms with Crippen molar-refractivity contribution in [2.75, 3.05) is 0 Å². The van der Waals surface area contributed by atoms with Crippen molar-refractivity contribution < 1.29 is 9.90 Å². The van der Waals surface area contributed by atoms with Gasteiger partial charge < -0.3 is 5.11 Å². The van der Waals surface area contributed by atoms with Crippen molar-refractivity contribution in [3.8, 4) is 5.69 Å². The number of hydrogen-bond donors (Lipinski definition) is 1. The second kappa shape index (κ2) is 6.41. The molecule has 0 saturated carbocycles. The highest BCUT2D eigenvalue weighted by Crippen LogP contribution is 2.42. The normalized spacial score (nSPS) is 12.2. The Kier molecular flexibility index (Phi) is 4.40. The van der Waals surface area contributed by atoms with Crippen molar-refractivity contribution in [1.29, 1.82) is 0 Å². The molecule has 2 heterocycles. The summed E-state index contributed by atoms with van der Waals surface area (Å²) in [5.74, 6) is -1.02. The van der Waals surface area contributed by atoms with Crippen molar-refractivity contribution in [3.63, 3.8) is 0 Å². The molecular formula is C21H23N3O2. The van der Waals surface area contributed by atoms with Crippen LogP contribution in [0.3, 0.4) is 0 Å². The van der Waals surface area contributed by atoms with E-state index < -0.39 is 11.4 Å². The lowest BCUT2D eigenvalue weighted by Crippen LogP contribution is -2.41. The number of carbonyl (C=O) groups is 1. The Bertz CT molecular complexity index is 927. The Morgan fingerprint density at radius 2 is 1.54 bits per heavy atom. The fraction of sp³-hybridized carbons (Fsp3) is 0.286. The number of aromatic nitrogens is 3. The molecule has 5 heteroatoms. The van der Waals surface area contributed by atoms with Gasteiger partial charge in [-0.2, -0.15) is 5.10 Å². The summed E-state index contributed by atoms with van der Waals surface area (Å²) in [6.45, 7) is 8.37. The van der Waals surface area contributed by atoms with Crippen LogP contribution in [-0.2, 0) is 10.8 Å². The third kappa shape index (κ3) is 3.01. The van der Waals surface area contributed by atoms with E-state index >= 15 is 0 Å². The van der Waals surface area contributed by atoms with Crippen LogP contribution >= 0.6 is 0 Å². The number of carboxylic acid groups (broad SMARTS) is 1. The number of nitrogens with zero attached hydrogens (tertiary/aromatic N) is 3. The lowest BCUT2D eigenvalue weighted by Gasteiger charge is -2.40. The summed E-state index contributed by atoms with van der Waals surface area (Å²) in [6.07, 6.45) is 1.95. The standard InChI is InChI=1S/C21H23N3O2/c1-20(2,17-12-8-11-16(22-17)19(25)26)21(3,4)18-13-14-24(23-18)15-9-6-5-7-10-15/h5-14H,1-4H3,(H,25,26). The molecule has 0 unspecified atom stereocenters. The van der Waals surface area contributed by atoms with E-state index in [1.54, 1.807) is 6.07 Å². The first kappa shape index (κ1) is 17.9. The molecule has 0 aliphatic rings. The Balaban J connectivity index is 2.00. The molecule has 2 aromatic heterocycles. The second-order valence-electron chi connectivity index (χ2n) is 7.44. The maximum absolute atomic E-state index is 11.3. The van der Waals surface area contributed by atoms with Crippen LogP contribution in [-0.4, -0.2) is 25.8 Å². The van der Waals surface area contributed by atoms with Gasteiger partial charge in [-0.15, -0.1) is 0 Å². The zero-order chi connectivity index (χ0) is 18.9. The van der Waals surface area contributed by atoms with Gasteiger partial charge in [0.2, 0.25) is 0 Å². The maximum atomic E-state index is 11.3. The van der Waals surface area contributed by atoms with E-state index in [2.05, 4.69) is 32.7 Å². The summed E-state index contributed by atoms with van der Waals surface area (Å²) in [5.41, 5.74) is 1.93. The van der Waals surface area contributed by atoms with Gasteiger partial charge in [-0.3, -0.25) is 0 Å². The molecule has 1 aromatic carbocycles. The molecule has 0 amide bonds. The fourth-order valence-electron chi connectivity index (χ4n) is 2.92. The van der Waals surface area contributed by atoms with Gasteiger partial charge in [-0.25, -0.2) is 14.5 Å². The average molecular weight is 349 g/mol. The molecule has 1 N–H and O–H groups in total. The predicted molar refractivity (Wildman–Crippen MR) is 101 cm³/mol. The summed E-state index contributed by atoms with van der Waals surface area (Å²) in [5, 5.41) is 14.0. The Morgan fingerprint density at radius 1 is 0.885 bits per heavy atom. The third-order valence-corrected chi connectivity index (χ3v) is 5.42. The van der Waals surface area contributed by atoms with Gasteiger partial charge in [0.1, 0.15) is 5.69 Å². The van der Waals surface area contributed by atoms with Crippen LogP contribution in [0, 0.1) is 0 Å². The van der Waals surface area contributed by atoms with Gasteiger partial charge in [-0.1, -0.05) is 52.0 Å². The number of pyridine rings is 1. The molecule has 3 aromatic rings. The van der Waals surface area contributed by atoms with Crippen molar-refractivity contribution in [1.82, 2.24) is 14.8 Å². The van der Waals surface area contributed by atoms with Gasteiger partial charge >= 0.3 is 5.97 Å². The molecule has 134 valence electrons. The average Bonchev–Trinajstić information content (AvgIpc) is 3.13. The Morgan fingerprint density at radius 3 is 2.19 bits per heavy atom. The molecule has 5 nitrogen and oxygen atoms in total.